The minimum absolute atomic E-state index is 0.0659. The minimum Gasteiger partial charge on any atom is -0.503 e. The zero-order chi connectivity index (χ0) is 30.0. The second kappa shape index (κ2) is 12.3. The van der Waals surface area contributed by atoms with Crippen molar-refractivity contribution in [3.63, 3.8) is 0 Å². The van der Waals surface area contributed by atoms with Crippen LogP contribution < -0.4 is 10.9 Å². The summed E-state index contributed by atoms with van der Waals surface area (Å²) in [4.78, 5) is 27.5. The fourth-order valence-corrected chi connectivity index (χ4v) is 5.56. The van der Waals surface area contributed by atoms with Crippen LogP contribution in [-0.2, 0) is 26.2 Å². The smallest absolute Gasteiger partial charge is 0.223 e. The van der Waals surface area contributed by atoms with Crippen molar-refractivity contribution in [2.24, 2.45) is 0 Å². The zero-order valence-corrected chi connectivity index (χ0v) is 23.6. The van der Waals surface area contributed by atoms with Crippen molar-refractivity contribution < 1.29 is 19.0 Å². The fourth-order valence-electron chi connectivity index (χ4n) is 5.56. The van der Waals surface area contributed by atoms with Crippen molar-refractivity contribution in [3.8, 4) is 11.5 Å². The molecule has 2 aliphatic rings. The van der Waals surface area contributed by atoms with E-state index in [2.05, 4.69) is 16.7 Å². The van der Waals surface area contributed by atoms with Gasteiger partial charge in [-0.1, -0.05) is 30.3 Å². The van der Waals surface area contributed by atoms with E-state index in [9.17, 15) is 28.6 Å². The first-order chi connectivity index (χ1) is 20.1. The maximum absolute atomic E-state index is 13.9. The van der Waals surface area contributed by atoms with Gasteiger partial charge in [-0.25, -0.2) is 8.78 Å². The molecule has 0 spiro atoms. The third-order valence-electron chi connectivity index (χ3n) is 8.18. The molecule has 2 aromatic heterocycles. The first-order valence-corrected chi connectivity index (χ1v) is 13.9. The van der Waals surface area contributed by atoms with Crippen LogP contribution >= 0.6 is 0 Å². The Morgan fingerprint density at radius 2 is 1.19 bits per heavy atom. The number of hydrogen-bond acceptors (Lipinski definition) is 6. The van der Waals surface area contributed by atoms with Crippen LogP contribution in [0.1, 0.15) is 48.4 Å². The molecule has 0 saturated heterocycles. The van der Waals surface area contributed by atoms with Crippen LogP contribution in [0.5, 0.6) is 11.5 Å². The summed E-state index contributed by atoms with van der Waals surface area (Å²) in [5.74, 6) is -0.885. The average molecular weight is 577 g/mol. The summed E-state index contributed by atoms with van der Waals surface area (Å²) < 4.78 is 30.7. The van der Waals surface area contributed by atoms with Crippen LogP contribution in [0.15, 0.2) is 82.6 Å². The molecule has 42 heavy (non-hydrogen) atoms. The van der Waals surface area contributed by atoms with Gasteiger partial charge in [-0.3, -0.25) is 19.4 Å². The van der Waals surface area contributed by atoms with Gasteiger partial charge in [0.1, 0.15) is 11.6 Å². The maximum atomic E-state index is 13.9. The molecule has 0 aliphatic carbocycles. The second-order valence-electron chi connectivity index (χ2n) is 10.8. The van der Waals surface area contributed by atoms with E-state index in [0.717, 1.165) is 30.0 Å². The predicted molar refractivity (Wildman–Crippen MR) is 155 cm³/mol. The Bertz CT molecular complexity index is 1690. The molecule has 0 radical (unpaired) electrons. The van der Waals surface area contributed by atoms with E-state index in [-0.39, 0.29) is 46.1 Å². The number of aromatic nitrogens is 2. The first-order valence-electron chi connectivity index (χ1n) is 13.9. The average Bonchev–Trinajstić information content (AvgIpc) is 2.98. The molecule has 2 aliphatic heterocycles. The van der Waals surface area contributed by atoms with E-state index in [0.29, 0.717) is 31.7 Å². The normalized spacial score (nSPS) is 16.5. The van der Waals surface area contributed by atoms with E-state index < -0.39 is 0 Å². The number of benzene rings is 2. The molecule has 2 aromatic carbocycles. The lowest BCUT2D eigenvalue weighted by atomic mass is 10.0. The molecule has 220 valence electrons. The first kappa shape index (κ1) is 29.2. The van der Waals surface area contributed by atoms with Crippen molar-refractivity contribution in [1.82, 2.24) is 18.9 Å². The van der Waals surface area contributed by atoms with E-state index in [1.807, 2.05) is 22.1 Å². The van der Waals surface area contributed by atoms with Crippen LogP contribution in [0.4, 0.5) is 8.78 Å². The molecule has 10 heteroatoms. The van der Waals surface area contributed by atoms with Gasteiger partial charge in [0, 0.05) is 80.4 Å². The Balaban J connectivity index is 0.000000168. The number of rotatable bonds is 4. The monoisotopic (exact) mass is 576 g/mol. The van der Waals surface area contributed by atoms with Crippen molar-refractivity contribution in [2.75, 3.05) is 13.1 Å². The van der Waals surface area contributed by atoms with Crippen molar-refractivity contribution in [2.45, 2.75) is 52.1 Å². The second-order valence-corrected chi connectivity index (χ2v) is 10.8. The molecule has 6 rings (SSSR count). The fraction of sp³-hybridized carbons (Fsp3) is 0.312. The van der Waals surface area contributed by atoms with Crippen LogP contribution in [0.2, 0.25) is 0 Å². The molecule has 0 amide bonds. The molecular formula is C32H34F2N4O4. The molecule has 2 unspecified atom stereocenters. The van der Waals surface area contributed by atoms with Crippen LogP contribution in [-0.4, -0.2) is 42.2 Å². The Labute approximate surface area is 242 Å². The summed E-state index contributed by atoms with van der Waals surface area (Å²) in [7, 11) is 0. The molecule has 2 atom stereocenters. The number of aromatic hydroxyl groups is 2. The molecule has 2 N–H and O–H groups in total. The number of pyridine rings is 2. The van der Waals surface area contributed by atoms with Gasteiger partial charge in [0.25, 0.3) is 0 Å². The van der Waals surface area contributed by atoms with Crippen molar-refractivity contribution in [3.05, 3.63) is 128 Å². The summed E-state index contributed by atoms with van der Waals surface area (Å²) >= 11 is 0. The lowest BCUT2D eigenvalue weighted by molar-refractivity contribution is 0.162. The molecular weight excluding hydrogens is 542 g/mol. The van der Waals surface area contributed by atoms with Crippen LogP contribution in [0.25, 0.3) is 0 Å². The van der Waals surface area contributed by atoms with E-state index in [1.54, 1.807) is 24.3 Å². The standard InChI is InChI=1S/2C16H17FN2O2/c1-11(12-2-4-13(17)5-3-12)18-6-7-19-10-16(21)15(20)8-14(19)9-18;1-11(13-4-2-3-5-14(13)17)18-6-7-19-10-16(21)15(20)8-12(19)9-18/h2*2-5,8,10-11,21H,6-7,9H2,1H3. The van der Waals surface area contributed by atoms with Crippen LogP contribution in [0.3, 0.4) is 0 Å². The topological polar surface area (TPSA) is 90.9 Å². The summed E-state index contributed by atoms with van der Waals surface area (Å²) in [6, 6.07) is 16.3. The number of fused-ring (bicyclic) bond motifs is 2. The van der Waals surface area contributed by atoms with E-state index in [1.165, 1.54) is 42.7 Å². The predicted octanol–water partition coefficient (Wildman–Crippen LogP) is 4.54. The van der Waals surface area contributed by atoms with Crippen LogP contribution in [0, 0.1) is 11.6 Å². The molecule has 8 nitrogen and oxygen atoms in total. The van der Waals surface area contributed by atoms with Gasteiger partial charge in [0.05, 0.1) is 12.4 Å². The summed E-state index contributed by atoms with van der Waals surface area (Å²) in [6.07, 6.45) is 2.97. The zero-order valence-electron chi connectivity index (χ0n) is 23.6. The lowest BCUT2D eigenvalue weighted by Crippen LogP contribution is -2.37. The number of nitrogens with zero attached hydrogens (tertiary/aromatic N) is 4. The molecule has 0 fully saturated rings. The molecule has 4 aromatic rings. The molecule has 0 bridgehead atoms. The minimum atomic E-state index is -0.373. The van der Waals surface area contributed by atoms with Gasteiger partial charge < -0.3 is 19.3 Å². The Morgan fingerprint density at radius 1 is 0.690 bits per heavy atom. The Kier molecular flexibility index (Phi) is 8.56. The summed E-state index contributed by atoms with van der Waals surface area (Å²) in [6.45, 7) is 8.17. The Hall–Kier alpha value is -4.28. The highest BCUT2D eigenvalue weighted by molar-refractivity contribution is 5.25. The van der Waals surface area contributed by atoms with Gasteiger partial charge in [-0.15, -0.1) is 0 Å². The molecule has 0 saturated carbocycles. The number of hydrogen-bond donors (Lipinski definition) is 2. The highest BCUT2D eigenvalue weighted by Gasteiger charge is 2.24. The maximum Gasteiger partial charge on any atom is 0.223 e. The van der Waals surface area contributed by atoms with E-state index in [4.69, 9.17) is 0 Å². The third kappa shape index (κ3) is 6.29. The lowest BCUT2D eigenvalue weighted by Gasteiger charge is -2.34. The highest BCUT2D eigenvalue weighted by atomic mass is 19.1. The van der Waals surface area contributed by atoms with Gasteiger partial charge in [-0.05, 0) is 37.6 Å². The van der Waals surface area contributed by atoms with E-state index >= 15 is 0 Å². The van der Waals surface area contributed by atoms with Gasteiger partial charge in [-0.2, -0.15) is 0 Å². The third-order valence-corrected chi connectivity index (χ3v) is 8.18. The SMILES string of the molecule is CC(c1ccc(F)cc1)N1CCn2cc(O)c(=O)cc2C1.CC(c1ccccc1F)N1CCn2cc(O)c(=O)cc2C1. The quantitative estimate of drug-likeness (QED) is 0.371. The molecule has 4 heterocycles. The summed E-state index contributed by atoms with van der Waals surface area (Å²) in [5, 5.41) is 18.9. The summed E-state index contributed by atoms with van der Waals surface area (Å²) in [5.41, 5.74) is 2.71. The highest BCUT2D eigenvalue weighted by Crippen LogP contribution is 2.27. The van der Waals surface area contributed by atoms with Crippen molar-refractivity contribution in [1.29, 1.82) is 0 Å². The Morgan fingerprint density at radius 3 is 1.71 bits per heavy atom. The van der Waals surface area contributed by atoms with Crippen molar-refractivity contribution >= 4 is 0 Å². The number of halogens is 2. The largest absolute Gasteiger partial charge is 0.503 e. The van der Waals surface area contributed by atoms with Gasteiger partial charge in [0.2, 0.25) is 10.9 Å². The van der Waals surface area contributed by atoms with Gasteiger partial charge >= 0.3 is 0 Å². The van der Waals surface area contributed by atoms with Gasteiger partial charge in [0.15, 0.2) is 11.5 Å².